The van der Waals surface area contributed by atoms with Crippen LogP contribution in [0.3, 0.4) is 0 Å². The minimum absolute atomic E-state index is 0.196. The van der Waals surface area contributed by atoms with Gasteiger partial charge in [-0.25, -0.2) is 9.50 Å². The number of fused-ring (bicyclic) bond motifs is 1. The SMILES string of the molecule is C=C(c1ccc(/C(C)=C/NCC(C)(C)CN(C)C)cc1)c1cc(C2C=CC=CC2)nc2c(Br)cnn12. The molecule has 1 aromatic carbocycles. The van der Waals surface area contributed by atoms with Crippen molar-refractivity contribution in [3.8, 4) is 0 Å². The molecule has 0 saturated carbocycles. The second-order valence-corrected chi connectivity index (χ2v) is 11.5. The first kappa shape index (κ1) is 26.1. The molecule has 0 radical (unpaired) electrons. The van der Waals surface area contributed by atoms with Gasteiger partial charge in [-0.2, -0.15) is 5.10 Å². The van der Waals surface area contributed by atoms with E-state index in [1.165, 1.54) is 11.1 Å². The van der Waals surface area contributed by atoms with Gasteiger partial charge in [0, 0.05) is 24.6 Å². The van der Waals surface area contributed by atoms with E-state index in [4.69, 9.17) is 4.98 Å². The molecule has 5 nitrogen and oxygen atoms in total. The molecule has 0 aliphatic heterocycles. The third kappa shape index (κ3) is 6.05. The van der Waals surface area contributed by atoms with Gasteiger partial charge in [0.2, 0.25) is 0 Å². The van der Waals surface area contributed by atoms with Gasteiger partial charge in [-0.3, -0.25) is 0 Å². The molecule has 1 N–H and O–H groups in total. The predicted octanol–water partition coefficient (Wildman–Crippen LogP) is 6.69. The molecular formula is C30H36BrN5. The van der Waals surface area contributed by atoms with E-state index in [2.05, 4.69) is 134 Å². The highest BCUT2D eigenvalue weighted by molar-refractivity contribution is 9.10. The van der Waals surface area contributed by atoms with Crippen molar-refractivity contribution < 1.29 is 0 Å². The quantitative estimate of drug-likeness (QED) is 0.325. The Kier molecular flexibility index (Phi) is 7.96. The molecule has 0 amide bonds. The standard InChI is InChI=1S/C30H36BrN5/c1-21(17-32-19-30(3,4)20-35(5)6)23-12-14-24(15-13-23)22(2)28-16-27(25-10-8-7-9-11-25)34-29-26(31)18-33-36(28)29/h7-10,12-18,25,32H,2,11,19-20H2,1,3-6H3/b21-17+. The maximum Gasteiger partial charge on any atom is 0.170 e. The molecule has 1 aliphatic carbocycles. The monoisotopic (exact) mass is 545 g/mol. The lowest BCUT2D eigenvalue weighted by atomic mass is 9.93. The third-order valence-electron chi connectivity index (χ3n) is 6.45. The second kappa shape index (κ2) is 11.0. The van der Waals surface area contributed by atoms with Crippen LogP contribution >= 0.6 is 15.9 Å². The van der Waals surface area contributed by atoms with Crippen molar-refractivity contribution in [2.24, 2.45) is 5.41 Å². The molecule has 4 rings (SSSR count). The molecule has 36 heavy (non-hydrogen) atoms. The van der Waals surface area contributed by atoms with Gasteiger partial charge in [0.25, 0.3) is 0 Å². The molecule has 0 spiro atoms. The molecule has 1 atom stereocenters. The van der Waals surface area contributed by atoms with Gasteiger partial charge in [0.15, 0.2) is 5.65 Å². The van der Waals surface area contributed by atoms with Crippen LogP contribution in [-0.2, 0) is 0 Å². The Hall–Kier alpha value is -2.96. The van der Waals surface area contributed by atoms with Crippen LogP contribution in [0.4, 0.5) is 0 Å². The first-order valence-electron chi connectivity index (χ1n) is 12.4. The van der Waals surface area contributed by atoms with Crippen LogP contribution in [0.25, 0.3) is 16.8 Å². The van der Waals surface area contributed by atoms with E-state index in [0.29, 0.717) is 0 Å². The summed E-state index contributed by atoms with van der Waals surface area (Å²) in [6.07, 6.45) is 13.4. The lowest BCUT2D eigenvalue weighted by Crippen LogP contribution is -2.36. The van der Waals surface area contributed by atoms with Gasteiger partial charge < -0.3 is 10.2 Å². The Bertz CT molecular complexity index is 1330. The number of rotatable bonds is 9. The van der Waals surface area contributed by atoms with Crippen molar-refractivity contribution >= 4 is 32.7 Å². The number of halogens is 1. The molecule has 2 aromatic heterocycles. The topological polar surface area (TPSA) is 45.5 Å². The summed E-state index contributed by atoms with van der Waals surface area (Å²) >= 11 is 3.61. The summed E-state index contributed by atoms with van der Waals surface area (Å²) in [5, 5.41) is 8.07. The van der Waals surface area contributed by atoms with Crippen LogP contribution in [0.1, 0.15) is 55.6 Å². The molecule has 0 saturated heterocycles. The summed E-state index contributed by atoms with van der Waals surface area (Å²) in [6.45, 7) is 13.1. The fourth-order valence-corrected chi connectivity index (χ4v) is 5.07. The van der Waals surface area contributed by atoms with E-state index in [-0.39, 0.29) is 11.3 Å². The van der Waals surface area contributed by atoms with Gasteiger partial charge in [-0.05, 0) is 77.8 Å². The maximum absolute atomic E-state index is 4.90. The summed E-state index contributed by atoms with van der Waals surface area (Å²) < 4.78 is 2.75. The van der Waals surface area contributed by atoms with Gasteiger partial charge in [0.1, 0.15) is 0 Å². The van der Waals surface area contributed by atoms with Crippen molar-refractivity contribution in [3.63, 3.8) is 0 Å². The van der Waals surface area contributed by atoms with Crippen molar-refractivity contribution in [2.45, 2.75) is 33.1 Å². The van der Waals surface area contributed by atoms with Crippen LogP contribution in [0.2, 0.25) is 0 Å². The van der Waals surface area contributed by atoms with E-state index in [9.17, 15) is 0 Å². The molecule has 2 heterocycles. The number of allylic oxidation sites excluding steroid dienone is 5. The van der Waals surface area contributed by atoms with E-state index in [0.717, 1.165) is 52.2 Å². The van der Waals surface area contributed by atoms with Gasteiger partial charge in [0.05, 0.1) is 22.1 Å². The van der Waals surface area contributed by atoms with Crippen molar-refractivity contribution in [2.75, 3.05) is 27.2 Å². The summed E-state index contributed by atoms with van der Waals surface area (Å²) in [7, 11) is 4.23. The Labute approximate surface area is 223 Å². The van der Waals surface area contributed by atoms with Crippen molar-refractivity contribution in [1.82, 2.24) is 24.8 Å². The Morgan fingerprint density at radius 1 is 1.22 bits per heavy atom. The molecule has 3 aromatic rings. The molecule has 188 valence electrons. The molecule has 1 aliphatic rings. The zero-order valence-corrected chi connectivity index (χ0v) is 23.5. The molecule has 6 heteroatoms. The number of hydrogen-bond acceptors (Lipinski definition) is 4. The van der Waals surface area contributed by atoms with Crippen LogP contribution in [0, 0.1) is 5.41 Å². The van der Waals surface area contributed by atoms with Crippen LogP contribution in [0.15, 0.2) is 78.1 Å². The van der Waals surface area contributed by atoms with Crippen LogP contribution < -0.4 is 5.32 Å². The van der Waals surface area contributed by atoms with E-state index in [1.807, 2.05) is 4.52 Å². The van der Waals surface area contributed by atoms with Crippen molar-refractivity contribution in [3.05, 3.63) is 101 Å². The zero-order chi connectivity index (χ0) is 25.9. The minimum Gasteiger partial charge on any atom is -0.390 e. The molecule has 1 unspecified atom stereocenters. The largest absolute Gasteiger partial charge is 0.390 e. The average Bonchev–Trinajstić information content (AvgIpc) is 3.23. The number of hydrogen-bond donors (Lipinski definition) is 1. The first-order chi connectivity index (χ1) is 17.1. The third-order valence-corrected chi connectivity index (χ3v) is 7.01. The molecule has 0 fully saturated rings. The molecular weight excluding hydrogens is 510 g/mol. The molecule has 0 bridgehead atoms. The smallest absolute Gasteiger partial charge is 0.170 e. The highest BCUT2D eigenvalue weighted by atomic mass is 79.9. The van der Waals surface area contributed by atoms with Gasteiger partial charge >= 0.3 is 0 Å². The second-order valence-electron chi connectivity index (χ2n) is 10.6. The van der Waals surface area contributed by atoms with Crippen LogP contribution in [0.5, 0.6) is 0 Å². The lowest BCUT2D eigenvalue weighted by Gasteiger charge is -2.28. The van der Waals surface area contributed by atoms with Gasteiger partial charge in [-0.15, -0.1) is 0 Å². The summed E-state index contributed by atoms with van der Waals surface area (Å²) in [6, 6.07) is 10.7. The summed E-state index contributed by atoms with van der Waals surface area (Å²) in [4.78, 5) is 7.13. The van der Waals surface area contributed by atoms with E-state index in [1.54, 1.807) is 6.20 Å². The van der Waals surface area contributed by atoms with Crippen LogP contribution in [-0.4, -0.2) is 46.7 Å². The van der Waals surface area contributed by atoms with E-state index < -0.39 is 0 Å². The lowest BCUT2D eigenvalue weighted by molar-refractivity contribution is 0.239. The number of aromatic nitrogens is 3. The fourth-order valence-electron chi connectivity index (χ4n) is 4.72. The Morgan fingerprint density at radius 2 is 1.94 bits per heavy atom. The van der Waals surface area contributed by atoms with E-state index >= 15 is 0 Å². The fraction of sp³-hybridized carbons (Fsp3) is 0.333. The maximum atomic E-state index is 4.90. The average molecular weight is 547 g/mol. The summed E-state index contributed by atoms with van der Waals surface area (Å²) in [5.74, 6) is 0.249. The first-order valence-corrected chi connectivity index (χ1v) is 13.2. The highest BCUT2D eigenvalue weighted by Gasteiger charge is 2.19. The minimum atomic E-state index is 0.196. The zero-order valence-electron chi connectivity index (χ0n) is 21.9. The number of nitrogens with zero attached hydrogens (tertiary/aromatic N) is 4. The Balaban J connectivity index is 1.55. The Morgan fingerprint density at radius 3 is 2.61 bits per heavy atom. The summed E-state index contributed by atoms with van der Waals surface area (Å²) in [5.41, 5.74) is 7.36. The predicted molar refractivity (Wildman–Crippen MR) is 155 cm³/mol. The highest BCUT2D eigenvalue weighted by Crippen LogP contribution is 2.31. The van der Waals surface area contributed by atoms with Gasteiger partial charge in [-0.1, -0.05) is 69.0 Å². The normalized spacial score (nSPS) is 16.2. The van der Waals surface area contributed by atoms with Crippen molar-refractivity contribution in [1.29, 1.82) is 0 Å². The number of benzene rings is 1. The number of nitrogens with one attached hydrogen (secondary N) is 1.